The van der Waals surface area contributed by atoms with Crippen molar-refractivity contribution in [3.63, 3.8) is 0 Å². The summed E-state index contributed by atoms with van der Waals surface area (Å²) < 4.78 is 43.6. The van der Waals surface area contributed by atoms with Gasteiger partial charge in [-0.3, -0.25) is 0 Å². The third-order valence-corrected chi connectivity index (χ3v) is 4.40. The molecule has 0 saturated heterocycles. The highest BCUT2D eigenvalue weighted by atomic mass is 35.7. The normalized spacial score (nSPS) is 12.7. The van der Waals surface area contributed by atoms with Gasteiger partial charge in [-0.2, -0.15) is 0 Å². The molecule has 0 aliphatic heterocycles. The molecular weight excluding hydrogens is 309 g/mol. The van der Waals surface area contributed by atoms with Crippen molar-refractivity contribution >= 4 is 51.1 Å². The number of halogens is 3. The van der Waals surface area contributed by atoms with E-state index in [-0.39, 0.29) is 0 Å². The number of nitrogens with zero attached hydrogens (tertiary/aromatic N) is 1. The summed E-state index contributed by atoms with van der Waals surface area (Å²) in [4.78, 5) is 2.25. The van der Waals surface area contributed by atoms with Crippen LogP contribution in [0.4, 0.5) is 0 Å². The van der Waals surface area contributed by atoms with E-state index in [4.69, 9.17) is 33.0 Å². The molecule has 0 atom stereocenters. The fourth-order valence-corrected chi connectivity index (χ4v) is 2.88. The van der Waals surface area contributed by atoms with Crippen molar-refractivity contribution in [2.75, 3.05) is 0 Å². The largest absolute Gasteiger partial charge is 0.264 e. The van der Waals surface area contributed by atoms with Crippen LogP contribution in [0.5, 0.6) is 0 Å². The lowest BCUT2D eigenvalue weighted by Crippen LogP contribution is -1.99. The average Bonchev–Trinajstić information content (AvgIpc) is 2.00. The second-order valence-electron chi connectivity index (χ2n) is 2.34. The summed E-state index contributed by atoms with van der Waals surface area (Å²) in [5.74, 6) is 0. The lowest BCUT2D eigenvalue weighted by molar-refractivity contribution is 0.607. The third kappa shape index (κ3) is 3.18. The molecule has 0 fully saturated rings. The van der Waals surface area contributed by atoms with Crippen LogP contribution in [0.25, 0.3) is 0 Å². The molecule has 0 radical (unpaired) electrons. The summed E-state index contributed by atoms with van der Waals surface area (Å²) in [7, 11) is 1.74. The van der Waals surface area contributed by atoms with Crippen LogP contribution in [0.1, 0.15) is 0 Å². The maximum Gasteiger partial charge on any atom is 0.264 e. The Morgan fingerprint density at radius 2 is 1.60 bits per heavy atom. The Morgan fingerprint density at radius 1 is 1.07 bits per heavy atom. The Kier molecular flexibility index (Phi) is 3.52. The van der Waals surface area contributed by atoms with E-state index in [1.165, 1.54) is 0 Å². The first-order valence-electron chi connectivity index (χ1n) is 3.17. The molecule has 15 heavy (non-hydrogen) atoms. The molecule has 1 aromatic rings. The number of aromatic nitrogens is 1. The van der Waals surface area contributed by atoms with Gasteiger partial charge in [0.2, 0.25) is 0 Å². The first-order valence-corrected chi connectivity index (χ1v) is 8.17. The summed E-state index contributed by atoms with van der Waals surface area (Å²) in [5, 5.41) is -0.422. The summed E-state index contributed by atoms with van der Waals surface area (Å²) in [6.45, 7) is 0. The molecule has 5 nitrogen and oxygen atoms in total. The summed E-state index contributed by atoms with van der Waals surface area (Å²) in [6.07, 6.45) is 0.830. The molecule has 10 heteroatoms. The molecule has 0 N–H and O–H groups in total. The van der Waals surface area contributed by atoms with E-state index in [2.05, 4.69) is 4.98 Å². The topological polar surface area (TPSA) is 81.2 Å². The Morgan fingerprint density at radius 3 is 2.00 bits per heavy atom. The van der Waals surface area contributed by atoms with Gasteiger partial charge in [0, 0.05) is 27.6 Å². The van der Waals surface area contributed by atoms with Gasteiger partial charge in [0.05, 0.1) is 0 Å². The zero-order valence-corrected chi connectivity index (χ0v) is 10.6. The van der Waals surface area contributed by atoms with Crippen LogP contribution in [0.15, 0.2) is 22.1 Å². The zero-order chi connectivity index (χ0) is 11.9. The van der Waals surface area contributed by atoms with Crippen LogP contribution in [0.3, 0.4) is 0 Å². The highest BCUT2D eigenvalue weighted by Crippen LogP contribution is 2.26. The van der Waals surface area contributed by atoms with E-state index in [1.807, 2.05) is 0 Å². The highest BCUT2D eigenvalue weighted by Gasteiger charge is 2.20. The number of hydrogen-bond acceptors (Lipinski definition) is 5. The minimum atomic E-state index is -4.16. The second kappa shape index (κ2) is 4.06. The second-order valence-corrected chi connectivity index (χ2v) is 7.79. The fraction of sp³-hybridized carbons (Fsp3) is 0. The van der Waals surface area contributed by atoms with Gasteiger partial charge < -0.3 is 0 Å². The van der Waals surface area contributed by atoms with E-state index < -0.39 is 33.0 Å². The van der Waals surface area contributed by atoms with Gasteiger partial charge in [0.25, 0.3) is 18.1 Å². The molecule has 1 rings (SSSR count). The third-order valence-electron chi connectivity index (χ3n) is 1.33. The van der Waals surface area contributed by atoms with Gasteiger partial charge >= 0.3 is 0 Å². The molecule has 0 saturated carbocycles. The zero-order valence-electron chi connectivity index (χ0n) is 6.69. The van der Waals surface area contributed by atoms with Gasteiger partial charge in [-0.15, -0.1) is 0 Å². The summed E-state index contributed by atoms with van der Waals surface area (Å²) >= 11 is 5.42. The van der Waals surface area contributed by atoms with E-state index in [1.54, 1.807) is 0 Å². The van der Waals surface area contributed by atoms with Crippen LogP contribution in [-0.4, -0.2) is 21.8 Å². The summed E-state index contributed by atoms with van der Waals surface area (Å²) in [6, 6.07) is 0.736. The van der Waals surface area contributed by atoms with E-state index in [0.717, 1.165) is 12.3 Å². The fourth-order valence-electron chi connectivity index (χ4n) is 0.714. The Hall–Kier alpha value is -0.0800. The van der Waals surface area contributed by atoms with Crippen molar-refractivity contribution < 1.29 is 16.8 Å². The number of rotatable bonds is 2. The first kappa shape index (κ1) is 13.0. The van der Waals surface area contributed by atoms with Gasteiger partial charge in [-0.25, -0.2) is 21.8 Å². The first-order chi connectivity index (χ1) is 6.62. The van der Waals surface area contributed by atoms with Crippen molar-refractivity contribution in [1.29, 1.82) is 0 Å². The molecule has 0 unspecified atom stereocenters. The average molecular weight is 311 g/mol. The minimum Gasteiger partial charge on any atom is -0.242 e. The molecule has 1 heterocycles. The monoisotopic (exact) mass is 309 g/mol. The van der Waals surface area contributed by atoms with Crippen molar-refractivity contribution in [2.45, 2.75) is 9.79 Å². The molecular formula is C5H2Cl3NO4S2. The maximum absolute atomic E-state index is 10.9. The standard InChI is InChI=1S/C5H2Cl3NO4S2/c6-5-4(15(8,12)13)1-3(2-9-5)14(7,10)11/h1-2H. The van der Waals surface area contributed by atoms with Crippen molar-refractivity contribution in [3.8, 4) is 0 Å². The van der Waals surface area contributed by atoms with Gasteiger partial charge in [-0.05, 0) is 6.07 Å². The van der Waals surface area contributed by atoms with Gasteiger partial charge in [-0.1, -0.05) is 11.6 Å². The predicted octanol–water partition coefficient (Wildman–Crippen LogP) is 1.59. The Labute approximate surface area is 99.8 Å². The highest BCUT2D eigenvalue weighted by molar-refractivity contribution is 8.14. The van der Waals surface area contributed by atoms with Crippen LogP contribution in [-0.2, 0) is 18.1 Å². The minimum absolute atomic E-state index is 0.422. The molecule has 0 bridgehead atoms. The van der Waals surface area contributed by atoms with Crippen molar-refractivity contribution in [1.82, 2.24) is 4.98 Å². The molecule has 0 aromatic carbocycles. The van der Waals surface area contributed by atoms with Gasteiger partial charge in [0.1, 0.15) is 14.9 Å². The molecule has 84 valence electrons. The summed E-state index contributed by atoms with van der Waals surface area (Å²) in [5.41, 5.74) is 0. The van der Waals surface area contributed by atoms with E-state index in [9.17, 15) is 16.8 Å². The van der Waals surface area contributed by atoms with Gasteiger partial charge in [0.15, 0.2) is 0 Å². The predicted molar refractivity (Wildman–Crippen MR) is 55.3 cm³/mol. The molecule has 1 aromatic heterocycles. The van der Waals surface area contributed by atoms with Crippen LogP contribution < -0.4 is 0 Å². The Bertz CT molecular complexity index is 595. The lowest BCUT2D eigenvalue weighted by Gasteiger charge is -2.00. The smallest absolute Gasteiger partial charge is 0.242 e. The Balaban J connectivity index is 3.57. The molecule has 0 aliphatic rings. The molecule has 0 aliphatic carbocycles. The lowest BCUT2D eigenvalue weighted by atomic mass is 10.5. The van der Waals surface area contributed by atoms with Crippen molar-refractivity contribution in [2.24, 2.45) is 0 Å². The quantitative estimate of drug-likeness (QED) is 0.612. The molecule has 0 amide bonds. The number of hydrogen-bond donors (Lipinski definition) is 0. The maximum atomic E-state index is 10.9. The van der Waals surface area contributed by atoms with E-state index >= 15 is 0 Å². The van der Waals surface area contributed by atoms with E-state index in [0.29, 0.717) is 0 Å². The van der Waals surface area contributed by atoms with Crippen LogP contribution >= 0.6 is 33.0 Å². The number of pyridine rings is 1. The van der Waals surface area contributed by atoms with Crippen LogP contribution in [0, 0.1) is 0 Å². The SMILES string of the molecule is O=S(=O)(Cl)c1cnc(Cl)c(S(=O)(=O)Cl)c1. The van der Waals surface area contributed by atoms with Crippen LogP contribution in [0.2, 0.25) is 5.15 Å². The van der Waals surface area contributed by atoms with Crippen molar-refractivity contribution in [3.05, 3.63) is 17.4 Å². The molecule has 0 spiro atoms.